The van der Waals surface area contributed by atoms with E-state index >= 15 is 0 Å². The third kappa shape index (κ3) is 8.01. The quantitative estimate of drug-likeness (QED) is 0.361. The average Bonchev–Trinajstić information content (AvgIpc) is 2.80. The van der Waals surface area contributed by atoms with Crippen molar-refractivity contribution in [3.05, 3.63) is 24.3 Å². The fourth-order valence-corrected chi connectivity index (χ4v) is 7.34. The maximum absolute atomic E-state index is 2.92. The van der Waals surface area contributed by atoms with Crippen LogP contribution < -0.4 is 0 Å². The molecule has 0 aliphatic carbocycles. The third-order valence-corrected chi connectivity index (χ3v) is 9.08. The lowest BCUT2D eigenvalue weighted by Gasteiger charge is -2.47. The van der Waals surface area contributed by atoms with Gasteiger partial charge in [0.1, 0.15) is 0 Å². The molecule has 0 aromatic carbocycles. The highest BCUT2D eigenvalue weighted by molar-refractivity contribution is 4.91. The molecule has 5 heterocycles. The highest BCUT2D eigenvalue weighted by atomic mass is 15.1. The molecule has 0 amide bonds. The van der Waals surface area contributed by atoms with Gasteiger partial charge in [0.05, 0.1) is 0 Å². The molecule has 5 aliphatic heterocycles. The summed E-state index contributed by atoms with van der Waals surface area (Å²) in [6, 6.07) is 0. The minimum absolute atomic E-state index is 0.957. The molecule has 6 bridgehead atoms. The Hall–Kier alpha value is -0.600. The fraction of sp³-hybridized carbons (Fsp3) is 0.867. The second kappa shape index (κ2) is 14.0. The van der Waals surface area contributed by atoms with Gasteiger partial charge in [0.2, 0.25) is 0 Å². The SMILES string of the molecule is C1=CCCCCN2CC[C@@H]3[C@@H](CCCC/C=C\CCCCN4C[C@H](CCCC1)C[C@H]3C4)C2. The van der Waals surface area contributed by atoms with Crippen molar-refractivity contribution < 1.29 is 0 Å². The Balaban J connectivity index is 1.48. The van der Waals surface area contributed by atoms with Crippen molar-refractivity contribution in [3.63, 3.8) is 0 Å². The van der Waals surface area contributed by atoms with E-state index in [1.807, 2.05) is 0 Å². The summed E-state index contributed by atoms with van der Waals surface area (Å²) in [6.45, 7) is 8.28. The van der Waals surface area contributed by atoms with Gasteiger partial charge in [-0.25, -0.2) is 0 Å². The van der Waals surface area contributed by atoms with E-state index < -0.39 is 0 Å². The molecule has 0 N–H and O–H groups in total. The Morgan fingerprint density at radius 3 is 1.78 bits per heavy atom. The Labute approximate surface area is 199 Å². The van der Waals surface area contributed by atoms with Crippen LogP contribution in [0.3, 0.4) is 0 Å². The van der Waals surface area contributed by atoms with E-state index in [0.717, 1.165) is 23.7 Å². The van der Waals surface area contributed by atoms with Crippen LogP contribution in [0.5, 0.6) is 0 Å². The zero-order valence-electron chi connectivity index (χ0n) is 21.1. The fourth-order valence-electron chi connectivity index (χ4n) is 7.34. The molecular formula is C30H52N2. The van der Waals surface area contributed by atoms with Crippen LogP contribution in [0.15, 0.2) is 24.3 Å². The average molecular weight is 441 g/mol. The van der Waals surface area contributed by atoms with E-state index in [-0.39, 0.29) is 0 Å². The Kier molecular flexibility index (Phi) is 10.7. The van der Waals surface area contributed by atoms with Gasteiger partial charge in [-0.2, -0.15) is 0 Å². The summed E-state index contributed by atoms with van der Waals surface area (Å²) in [6.07, 6.45) is 32.4. The van der Waals surface area contributed by atoms with Crippen molar-refractivity contribution in [1.29, 1.82) is 0 Å². The second-order valence-corrected chi connectivity index (χ2v) is 11.6. The number of rotatable bonds is 0. The minimum Gasteiger partial charge on any atom is -0.303 e. The van der Waals surface area contributed by atoms with E-state index in [4.69, 9.17) is 0 Å². The molecule has 2 fully saturated rings. The molecular weight excluding hydrogens is 388 g/mol. The van der Waals surface area contributed by atoms with Crippen LogP contribution in [0.1, 0.15) is 103 Å². The number of fused-ring (bicyclic) bond motifs is 10. The smallest absolute Gasteiger partial charge is 0.00127 e. The maximum Gasteiger partial charge on any atom is 0.00127 e. The maximum atomic E-state index is 2.92. The van der Waals surface area contributed by atoms with Gasteiger partial charge >= 0.3 is 0 Å². The second-order valence-electron chi connectivity index (χ2n) is 11.6. The van der Waals surface area contributed by atoms with Gasteiger partial charge in [0, 0.05) is 19.6 Å². The predicted molar refractivity (Wildman–Crippen MR) is 139 cm³/mol. The lowest BCUT2D eigenvalue weighted by Crippen LogP contribution is -2.49. The molecule has 6 atom stereocenters. The molecule has 2 unspecified atom stereocenters. The van der Waals surface area contributed by atoms with Crippen molar-refractivity contribution in [2.24, 2.45) is 23.7 Å². The number of hydrogen-bond donors (Lipinski definition) is 0. The lowest BCUT2D eigenvalue weighted by molar-refractivity contribution is 0.0186. The molecule has 2 saturated heterocycles. The summed E-state index contributed by atoms with van der Waals surface area (Å²) in [4.78, 5) is 5.77. The monoisotopic (exact) mass is 440 g/mol. The van der Waals surface area contributed by atoms with E-state index in [1.165, 1.54) is 142 Å². The van der Waals surface area contributed by atoms with Gasteiger partial charge in [0.25, 0.3) is 0 Å². The summed E-state index contributed by atoms with van der Waals surface area (Å²) >= 11 is 0. The number of allylic oxidation sites excluding steroid dienone is 4. The molecule has 5 aliphatic rings. The van der Waals surface area contributed by atoms with Crippen LogP contribution in [-0.4, -0.2) is 49.1 Å². The molecule has 0 aromatic heterocycles. The first-order chi connectivity index (χ1) is 15.9. The van der Waals surface area contributed by atoms with Crippen molar-refractivity contribution in [3.8, 4) is 0 Å². The summed E-state index contributed by atoms with van der Waals surface area (Å²) in [7, 11) is 0. The van der Waals surface area contributed by atoms with Gasteiger partial charge < -0.3 is 9.80 Å². The summed E-state index contributed by atoms with van der Waals surface area (Å²) < 4.78 is 0. The van der Waals surface area contributed by atoms with Crippen LogP contribution in [0.4, 0.5) is 0 Å². The van der Waals surface area contributed by atoms with Gasteiger partial charge in [-0.1, -0.05) is 37.1 Å². The van der Waals surface area contributed by atoms with Crippen molar-refractivity contribution in [2.45, 2.75) is 103 Å². The molecule has 2 heteroatoms. The van der Waals surface area contributed by atoms with Crippen LogP contribution in [0, 0.1) is 23.7 Å². The zero-order chi connectivity index (χ0) is 21.8. The Morgan fingerprint density at radius 2 is 1.06 bits per heavy atom. The topological polar surface area (TPSA) is 6.48 Å². The highest BCUT2D eigenvalue weighted by Crippen LogP contribution is 2.40. The molecule has 5 rings (SSSR count). The Morgan fingerprint density at radius 1 is 0.469 bits per heavy atom. The van der Waals surface area contributed by atoms with Gasteiger partial charge in [-0.15, -0.1) is 0 Å². The van der Waals surface area contributed by atoms with E-state index in [0.29, 0.717) is 0 Å². The van der Waals surface area contributed by atoms with Gasteiger partial charge in [-0.3, -0.25) is 0 Å². The predicted octanol–water partition coefficient (Wildman–Crippen LogP) is 7.46. The van der Waals surface area contributed by atoms with Gasteiger partial charge in [0.15, 0.2) is 0 Å². The Bertz CT molecular complexity index is 567. The van der Waals surface area contributed by atoms with E-state index in [9.17, 15) is 0 Å². The van der Waals surface area contributed by atoms with E-state index in [1.54, 1.807) is 0 Å². The van der Waals surface area contributed by atoms with Crippen LogP contribution >= 0.6 is 0 Å². The molecule has 0 radical (unpaired) electrons. The molecule has 0 saturated carbocycles. The normalized spacial score (nSPS) is 39.8. The first kappa shape index (κ1) is 24.5. The molecule has 2 nitrogen and oxygen atoms in total. The molecule has 32 heavy (non-hydrogen) atoms. The van der Waals surface area contributed by atoms with Crippen LogP contribution in [0.2, 0.25) is 0 Å². The first-order valence-corrected chi connectivity index (χ1v) is 14.6. The molecule has 0 aromatic rings. The first-order valence-electron chi connectivity index (χ1n) is 14.6. The number of hydrogen-bond acceptors (Lipinski definition) is 2. The number of nitrogens with zero attached hydrogens (tertiary/aromatic N) is 2. The minimum atomic E-state index is 0.957. The largest absolute Gasteiger partial charge is 0.303 e. The van der Waals surface area contributed by atoms with Crippen LogP contribution in [-0.2, 0) is 0 Å². The lowest BCUT2D eigenvalue weighted by atomic mass is 9.69. The summed E-state index contributed by atoms with van der Waals surface area (Å²) in [5, 5.41) is 0. The van der Waals surface area contributed by atoms with Crippen molar-refractivity contribution in [2.75, 3.05) is 39.3 Å². The van der Waals surface area contributed by atoms with E-state index in [2.05, 4.69) is 34.1 Å². The van der Waals surface area contributed by atoms with Crippen molar-refractivity contribution in [1.82, 2.24) is 9.80 Å². The number of piperidine rings is 2. The zero-order valence-corrected chi connectivity index (χ0v) is 21.1. The molecule has 0 spiro atoms. The van der Waals surface area contributed by atoms with Crippen molar-refractivity contribution >= 4 is 0 Å². The summed E-state index contributed by atoms with van der Waals surface area (Å²) in [5.74, 6) is 3.89. The highest BCUT2D eigenvalue weighted by Gasteiger charge is 2.38. The third-order valence-electron chi connectivity index (χ3n) is 9.08. The molecule has 182 valence electrons. The standard InChI is InChI=1S/C30H52N2/c1-3-7-11-15-20-31-22-19-30-28(25-31)18-14-10-6-2-4-8-12-16-21-32-24-27(17-13-9-5-1)23-29(30)26-32/h1-4,27-30H,5-26H2/b3-1?,4-2-/t27-,28+,29+,30-/m1/s1. The summed E-state index contributed by atoms with van der Waals surface area (Å²) in [5.41, 5.74) is 0. The van der Waals surface area contributed by atoms with Gasteiger partial charge in [-0.05, 0) is 133 Å². The van der Waals surface area contributed by atoms with Crippen LogP contribution in [0.25, 0.3) is 0 Å².